The van der Waals surface area contributed by atoms with Gasteiger partial charge in [-0.2, -0.15) is 0 Å². The number of fused-ring (bicyclic) bond motifs is 2. The van der Waals surface area contributed by atoms with Gasteiger partial charge in [-0.3, -0.25) is 24.3 Å². The Bertz CT molecular complexity index is 1170. The van der Waals surface area contributed by atoms with Crippen LogP contribution in [0.2, 0.25) is 0 Å². The molecular weight excluding hydrogens is 408 g/mol. The third-order valence-corrected chi connectivity index (χ3v) is 5.39. The maximum Gasteiger partial charge on any atom is 0.311 e. The van der Waals surface area contributed by atoms with E-state index < -0.39 is 5.91 Å². The fourth-order valence-corrected chi connectivity index (χ4v) is 3.99. The number of nitrogens with zero attached hydrogens (tertiary/aromatic N) is 3. The molecule has 156 valence electrons. The van der Waals surface area contributed by atoms with Gasteiger partial charge in [0, 0.05) is 18.3 Å². The first-order valence-electron chi connectivity index (χ1n) is 9.59. The summed E-state index contributed by atoms with van der Waals surface area (Å²) in [6.45, 7) is 2.48. The maximum absolute atomic E-state index is 12.6. The minimum Gasteiger partial charge on any atom is -0.484 e. The molecule has 0 spiro atoms. The average molecular weight is 428 g/mol. The van der Waals surface area contributed by atoms with Crippen molar-refractivity contribution >= 4 is 39.2 Å². The largest absolute Gasteiger partial charge is 0.484 e. The number of aryl methyl sites for hydroxylation is 1. The summed E-state index contributed by atoms with van der Waals surface area (Å²) in [6.07, 6.45) is 1.78. The van der Waals surface area contributed by atoms with Gasteiger partial charge in [-0.15, -0.1) is 11.3 Å². The second kappa shape index (κ2) is 8.62. The monoisotopic (exact) mass is 428 g/mol. The number of ether oxygens (including phenoxy) is 2. The van der Waals surface area contributed by atoms with Crippen molar-refractivity contribution in [2.75, 3.05) is 18.5 Å². The number of carbonyl (C=O) groups is 2. The fraction of sp³-hybridized carbons (Fsp3) is 0.350. The van der Waals surface area contributed by atoms with Crippen molar-refractivity contribution in [2.24, 2.45) is 0 Å². The Balaban J connectivity index is 1.37. The zero-order valence-corrected chi connectivity index (χ0v) is 17.2. The average Bonchev–Trinajstić information content (AvgIpc) is 3.36. The number of hydrogen-bond donors (Lipinski definition) is 1. The Kier molecular flexibility index (Phi) is 5.75. The minimum absolute atomic E-state index is 0.0566. The Morgan fingerprint density at radius 3 is 3.00 bits per heavy atom. The van der Waals surface area contributed by atoms with Crippen LogP contribution in [0.4, 0.5) is 5.13 Å². The van der Waals surface area contributed by atoms with Gasteiger partial charge in [0.15, 0.2) is 11.7 Å². The molecule has 0 bridgehead atoms. The molecule has 1 aliphatic heterocycles. The molecule has 3 aromatic rings. The Morgan fingerprint density at radius 2 is 2.17 bits per heavy atom. The number of esters is 1. The summed E-state index contributed by atoms with van der Waals surface area (Å²) in [6, 6.07) is 5.03. The van der Waals surface area contributed by atoms with E-state index in [4.69, 9.17) is 9.47 Å². The molecule has 0 fully saturated rings. The quantitative estimate of drug-likeness (QED) is 0.572. The lowest BCUT2D eigenvalue weighted by atomic mass is 10.2. The molecule has 0 atom stereocenters. The third kappa shape index (κ3) is 4.33. The summed E-state index contributed by atoms with van der Waals surface area (Å²) in [5.41, 5.74) is 1.07. The molecule has 1 aromatic carbocycles. The van der Waals surface area contributed by atoms with Crippen molar-refractivity contribution in [3.63, 3.8) is 0 Å². The van der Waals surface area contributed by atoms with Crippen LogP contribution in [0.25, 0.3) is 10.9 Å². The highest BCUT2D eigenvalue weighted by Crippen LogP contribution is 2.20. The molecule has 10 heteroatoms. The zero-order valence-electron chi connectivity index (χ0n) is 16.3. The summed E-state index contributed by atoms with van der Waals surface area (Å²) < 4.78 is 12.1. The van der Waals surface area contributed by atoms with E-state index in [0.29, 0.717) is 40.6 Å². The third-order valence-electron chi connectivity index (χ3n) is 4.59. The Labute approximate surface area is 175 Å². The summed E-state index contributed by atoms with van der Waals surface area (Å²) >= 11 is 1.22. The normalized spacial score (nSPS) is 12.6. The highest BCUT2D eigenvalue weighted by atomic mass is 32.1. The van der Waals surface area contributed by atoms with Crippen molar-refractivity contribution in [3.05, 3.63) is 45.5 Å². The SMILES string of the molecule is CCOC(=O)Cc1csc(NC(=O)COc2ccc3nc4n(c(=O)c3c2)CCC4)n1. The van der Waals surface area contributed by atoms with Gasteiger partial charge in [0.05, 0.1) is 29.6 Å². The number of amides is 1. The molecule has 30 heavy (non-hydrogen) atoms. The first-order chi connectivity index (χ1) is 14.5. The first-order valence-corrected chi connectivity index (χ1v) is 10.5. The molecule has 1 N–H and O–H groups in total. The van der Waals surface area contributed by atoms with Crippen LogP contribution in [-0.2, 0) is 33.7 Å². The predicted molar refractivity (Wildman–Crippen MR) is 111 cm³/mol. The lowest BCUT2D eigenvalue weighted by molar-refractivity contribution is -0.142. The molecule has 0 aliphatic carbocycles. The first kappa shape index (κ1) is 20.0. The van der Waals surface area contributed by atoms with E-state index in [9.17, 15) is 14.4 Å². The number of hydrogen-bond acceptors (Lipinski definition) is 8. The highest BCUT2D eigenvalue weighted by Gasteiger charge is 2.16. The number of nitrogens with one attached hydrogen (secondary N) is 1. The van der Waals surface area contributed by atoms with E-state index in [-0.39, 0.29) is 24.6 Å². The molecule has 0 radical (unpaired) electrons. The van der Waals surface area contributed by atoms with Crippen LogP contribution in [0.5, 0.6) is 5.75 Å². The van der Waals surface area contributed by atoms with Crippen LogP contribution in [0, 0.1) is 0 Å². The van der Waals surface area contributed by atoms with Crippen molar-refractivity contribution in [3.8, 4) is 5.75 Å². The number of rotatable bonds is 7. The standard InChI is InChI=1S/C20H20N4O5S/c1-2-28-18(26)8-12-11-30-20(21-12)23-17(25)10-29-13-5-6-15-14(9-13)19(27)24-7-3-4-16(24)22-15/h5-6,9,11H,2-4,7-8,10H2,1H3,(H,21,23,25). The molecule has 3 heterocycles. The van der Waals surface area contributed by atoms with Gasteiger partial charge in [-0.25, -0.2) is 9.97 Å². The molecule has 1 aliphatic rings. The number of anilines is 1. The van der Waals surface area contributed by atoms with Crippen LogP contribution in [0.3, 0.4) is 0 Å². The summed E-state index contributed by atoms with van der Waals surface area (Å²) in [4.78, 5) is 45.0. The molecule has 4 rings (SSSR count). The minimum atomic E-state index is -0.393. The van der Waals surface area contributed by atoms with E-state index in [0.717, 1.165) is 18.7 Å². The van der Waals surface area contributed by atoms with Gasteiger partial charge in [-0.1, -0.05) is 0 Å². The van der Waals surface area contributed by atoms with Gasteiger partial charge in [-0.05, 0) is 31.5 Å². The van der Waals surface area contributed by atoms with E-state index in [1.807, 2.05) is 0 Å². The number of aromatic nitrogens is 3. The van der Waals surface area contributed by atoms with Crippen molar-refractivity contribution in [1.82, 2.24) is 14.5 Å². The molecule has 9 nitrogen and oxygen atoms in total. The van der Waals surface area contributed by atoms with E-state index in [1.165, 1.54) is 11.3 Å². The lowest BCUT2D eigenvalue weighted by Gasteiger charge is -2.08. The van der Waals surface area contributed by atoms with Crippen molar-refractivity contribution in [2.45, 2.75) is 32.7 Å². The number of thiazole rings is 1. The van der Waals surface area contributed by atoms with Gasteiger partial charge in [0.2, 0.25) is 0 Å². The summed E-state index contributed by atoms with van der Waals surface area (Å²) in [5.74, 6) is 0.468. The van der Waals surface area contributed by atoms with Gasteiger partial charge < -0.3 is 9.47 Å². The molecule has 0 saturated heterocycles. The van der Waals surface area contributed by atoms with Gasteiger partial charge in [0.1, 0.15) is 11.6 Å². The fourth-order valence-electron chi connectivity index (χ4n) is 3.26. The van der Waals surface area contributed by atoms with Gasteiger partial charge in [0.25, 0.3) is 11.5 Å². The molecular formula is C20H20N4O5S. The Hall–Kier alpha value is -3.27. The van der Waals surface area contributed by atoms with Crippen LogP contribution in [0.15, 0.2) is 28.4 Å². The van der Waals surface area contributed by atoms with Crippen LogP contribution >= 0.6 is 11.3 Å². The number of carbonyl (C=O) groups excluding carboxylic acids is 2. The maximum atomic E-state index is 12.6. The zero-order chi connectivity index (χ0) is 21.1. The van der Waals surface area contributed by atoms with Crippen molar-refractivity contribution in [1.29, 1.82) is 0 Å². The van der Waals surface area contributed by atoms with Crippen LogP contribution in [-0.4, -0.2) is 39.6 Å². The second-order valence-electron chi connectivity index (χ2n) is 6.73. The predicted octanol–water partition coefficient (Wildman–Crippen LogP) is 1.92. The summed E-state index contributed by atoms with van der Waals surface area (Å²) in [5, 5.41) is 5.17. The van der Waals surface area contributed by atoms with Gasteiger partial charge >= 0.3 is 5.97 Å². The molecule has 0 saturated carbocycles. The van der Waals surface area contributed by atoms with E-state index in [1.54, 1.807) is 35.1 Å². The number of benzene rings is 1. The smallest absolute Gasteiger partial charge is 0.311 e. The Morgan fingerprint density at radius 1 is 1.30 bits per heavy atom. The van der Waals surface area contributed by atoms with E-state index in [2.05, 4.69) is 15.3 Å². The van der Waals surface area contributed by atoms with Crippen molar-refractivity contribution < 1.29 is 19.1 Å². The molecule has 2 aromatic heterocycles. The molecule has 0 unspecified atom stereocenters. The lowest BCUT2D eigenvalue weighted by Crippen LogP contribution is -2.22. The molecule has 1 amide bonds. The summed E-state index contributed by atoms with van der Waals surface area (Å²) in [7, 11) is 0. The second-order valence-corrected chi connectivity index (χ2v) is 7.59. The van der Waals surface area contributed by atoms with Crippen LogP contribution < -0.4 is 15.6 Å². The van der Waals surface area contributed by atoms with E-state index >= 15 is 0 Å². The topological polar surface area (TPSA) is 112 Å². The highest BCUT2D eigenvalue weighted by molar-refractivity contribution is 7.13. The van der Waals surface area contributed by atoms with Crippen LogP contribution in [0.1, 0.15) is 24.9 Å².